The van der Waals surface area contributed by atoms with Gasteiger partial charge in [0.2, 0.25) is 5.91 Å². The molecule has 0 bridgehead atoms. The van der Waals surface area contributed by atoms with Crippen molar-refractivity contribution in [3.05, 3.63) is 0 Å². The number of urea groups is 1. The predicted molar refractivity (Wildman–Crippen MR) is 52.3 cm³/mol. The van der Waals surface area contributed by atoms with E-state index in [0.717, 1.165) is 4.90 Å². The number of amides is 3. The minimum atomic E-state index is -1.13. The molecule has 3 amide bonds. The molecule has 0 heterocycles. The molecule has 1 atom stereocenters. The minimum Gasteiger partial charge on any atom is -0.480 e. The Morgan fingerprint density at radius 1 is 1.40 bits per heavy atom. The number of carbonyl (C=O) groups is 3. The van der Waals surface area contributed by atoms with Gasteiger partial charge < -0.3 is 20.6 Å². The Balaban J connectivity index is 4.10. The van der Waals surface area contributed by atoms with Crippen molar-refractivity contribution in [2.75, 3.05) is 20.6 Å². The first-order valence-electron chi connectivity index (χ1n) is 4.33. The highest BCUT2D eigenvalue weighted by Crippen LogP contribution is 1.88. The van der Waals surface area contributed by atoms with Crippen LogP contribution in [0.15, 0.2) is 0 Å². The van der Waals surface area contributed by atoms with Crippen LogP contribution in [0.3, 0.4) is 0 Å². The van der Waals surface area contributed by atoms with Crippen molar-refractivity contribution in [1.82, 2.24) is 15.5 Å². The number of carbonyl (C=O) groups excluding carboxylic acids is 2. The van der Waals surface area contributed by atoms with Crippen LogP contribution >= 0.6 is 0 Å². The van der Waals surface area contributed by atoms with Gasteiger partial charge in [-0.3, -0.25) is 9.59 Å². The highest BCUT2D eigenvalue weighted by molar-refractivity contribution is 5.86. The maximum absolute atomic E-state index is 11.3. The van der Waals surface area contributed by atoms with Crippen LogP contribution in [0.1, 0.15) is 6.92 Å². The number of likely N-dealkylation sites (N-methyl/N-ethyl adjacent to an activating group) is 2. The SMILES string of the molecule is CNC(=O)CN(C)C(=O)N[C@@H](C)C(=O)O. The van der Waals surface area contributed by atoms with Crippen LogP contribution in [-0.2, 0) is 9.59 Å². The zero-order valence-electron chi connectivity index (χ0n) is 8.90. The summed E-state index contributed by atoms with van der Waals surface area (Å²) in [5.41, 5.74) is 0. The number of rotatable bonds is 4. The summed E-state index contributed by atoms with van der Waals surface area (Å²) in [5.74, 6) is -1.45. The smallest absolute Gasteiger partial charge is 0.325 e. The number of nitrogens with one attached hydrogen (secondary N) is 2. The molecular weight excluding hydrogens is 202 g/mol. The first kappa shape index (κ1) is 13.2. The van der Waals surface area contributed by atoms with E-state index in [-0.39, 0.29) is 12.5 Å². The van der Waals surface area contributed by atoms with Crippen LogP contribution in [-0.4, -0.2) is 54.6 Å². The van der Waals surface area contributed by atoms with Gasteiger partial charge in [-0.05, 0) is 6.92 Å². The quantitative estimate of drug-likeness (QED) is 0.553. The molecule has 0 radical (unpaired) electrons. The molecule has 0 saturated carbocycles. The van der Waals surface area contributed by atoms with Crippen LogP contribution < -0.4 is 10.6 Å². The van der Waals surface area contributed by atoms with E-state index in [9.17, 15) is 14.4 Å². The van der Waals surface area contributed by atoms with Gasteiger partial charge in [0.1, 0.15) is 12.6 Å². The molecule has 0 fully saturated rings. The third-order valence-electron chi connectivity index (χ3n) is 1.72. The van der Waals surface area contributed by atoms with Crippen molar-refractivity contribution in [3.8, 4) is 0 Å². The average molecular weight is 217 g/mol. The molecule has 0 aromatic rings. The molecule has 0 saturated heterocycles. The second-order valence-corrected chi connectivity index (χ2v) is 3.04. The molecule has 15 heavy (non-hydrogen) atoms. The molecule has 7 heteroatoms. The highest BCUT2D eigenvalue weighted by Gasteiger charge is 2.17. The molecule has 0 aliphatic heterocycles. The summed E-state index contributed by atoms with van der Waals surface area (Å²) < 4.78 is 0. The number of carboxylic acid groups (broad SMARTS) is 1. The van der Waals surface area contributed by atoms with E-state index in [4.69, 9.17) is 5.11 Å². The van der Waals surface area contributed by atoms with Crippen molar-refractivity contribution < 1.29 is 19.5 Å². The lowest BCUT2D eigenvalue weighted by atomic mass is 10.3. The van der Waals surface area contributed by atoms with Gasteiger partial charge in [-0.1, -0.05) is 0 Å². The molecule has 3 N–H and O–H groups in total. The number of carboxylic acids is 1. The third-order valence-corrected chi connectivity index (χ3v) is 1.72. The average Bonchev–Trinajstić information content (AvgIpc) is 2.16. The summed E-state index contributed by atoms with van der Waals surface area (Å²) in [6.07, 6.45) is 0. The molecule has 0 aliphatic rings. The second kappa shape index (κ2) is 5.84. The normalized spacial score (nSPS) is 11.4. The Hall–Kier alpha value is -1.79. The van der Waals surface area contributed by atoms with Gasteiger partial charge in [0.25, 0.3) is 0 Å². The molecule has 7 nitrogen and oxygen atoms in total. The van der Waals surface area contributed by atoms with E-state index in [1.807, 2.05) is 0 Å². The Labute approximate surface area is 87.4 Å². The minimum absolute atomic E-state index is 0.116. The fourth-order valence-corrected chi connectivity index (χ4v) is 0.723. The highest BCUT2D eigenvalue weighted by atomic mass is 16.4. The monoisotopic (exact) mass is 217 g/mol. The molecule has 0 aromatic carbocycles. The van der Waals surface area contributed by atoms with Crippen LogP contribution in [0.4, 0.5) is 4.79 Å². The lowest BCUT2D eigenvalue weighted by Crippen LogP contribution is -2.47. The summed E-state index contributed by atoms with van der Waals surface area (Å²) in [7, 11) is 2.85. The topological polar surface area (TPSA) is 98.7 Å². The summed E-state index contributed by atoms with van der Waals surface area (Å²) in [6.45, 7) is 1.22. The zero-order chi connectivity index (χ0) is 12.0. The third kappa shape index (κ3) is 4.84. The van der Waals surface area contributed by atoms with Crippen molar-refractivity contribution in [1.29, 1.82) is 0 Å². The summed E-state index contributed by atoms with van der Waals surface area (Å²) in [5, 5.41) is 13.1. The molecule has 0 aliphatic carbocycles. The van der Waals surface area contributed by atoms with Gasteiger partial charge in [-0.15, -0.1) is 0 Å². The number of hydrogen-bond acceptors (Lipinski definition) is 3. The van der Waals surface area contributed by atoms with Crippen molar-refractivity contribution in [3.63, 3.8) is 0 Å². The molecule has 86 valence electrons. The van der Waals surface area contributed by atoms with E-state index in [1.165, 1.54) is 21.0 Å². The molecular formula is C8H15N3O4. The van der Waals surface area contributed by atoms with Crippen molar-refractivity contribution >= 4 is 17.9 Å². The summed E-state index contributed by atoms with van der Waals surface area (Å²) >= 11 is 0. The first-order chi connectivity index (χ1) is 6.88. The lowest BCUT2D eigenvalue weighted by molar-refractivity contribution is -0.138. The predicted octanol–water partition coefficient (Wildman–Crippen LogP) is -1.15. The van der Waals surface area contributed by atoms with Gasteiger partial charge in [0, 0.05) is 14.1 Å². The summed E-state index contributed by atoms with van der Waals surface area (Å²) in [6, 6.07) is -1.59. The standard InChI is InChI=1S/C8H15N3O4/c1-5(7(13)14)10-8(15)11(3)4-6(12)9-2/h5H,4H2,1-3H3,(H,9,12)(H,10,15)(H,13,14)/t5-/m0/s1. The first-order valence-corrected chi connectivity index (χ1v) is 4.33. The molecule has 0 spiro atoms. The van der Waals surface area contributed by atoms with Crippen molar-refractivity contribution in [2.24, 2.45) is 0 Å². The zero-order valence-corrected chi connectivity index (χ0v) is 8.90. The van der Waals surface area contributed by atoms with Gasteiger partial charge in [0.15, 0.2) is 0 Å². The van der Waals surface area contributed by atoms with Gasteiger partial charge in [-0.2, -0.15) is 0 Å². The maximum Gasteiger partial charge on any atom is 0.325 e. The molecule has 0 rings (SSSR count). The second-order valence-electron chi connectivity index (χ2n) is 3.04. The number of hydrogen-bond donors (Lipinski definition) is 3. The number of nitrogens with zero attached hydrogens (tertiary/aromatic N) is 1. The van der Waals surface area contributed by atoms with Crippen LogP contribution in [0.5, 0.6) is 0 Å². The fraction of sp³-hybridized carbons (Fsp3) is 0.625. The van der Waals surface area contributed by atoms with Crippen LogP contribution in [0.25, 0.3) is 0 Å². The Morgan fingerprint density at radius 3 is 2.33 bits per heavy atom. The largest absolute Gasteiger partial charge is 0.480 e. The lowest BCUT2D eigenvalue weighted by Gasteiger charge is -2.18. The van der Waals surface area contributed by atoms with Crippen LogP contribution in [0, 0.1) is 0 Å². The fourth-order valence-electron chi connectivity index (χ4n) is 0.723. The van der Waals surface area contributed by atoms with Crippen LogP contribution in [0.2, 0.25) is 0 Å². The van der Waals surface area contributed by atoms with Gasteiger partial charge in [-0.25, -0.2) is 4.79 Å². The Bertz CT molecular complexity index is 267. The number of aliphatic carboxylic acids is 1. The van der Waals surface area contributed by atoms with E-state index < -0.39 is 18.0 Å². The van der Waals surface area contributed by atoms with E-state index in [0.29, 0.717) is 0 Å². The summed E-state index contributed by atoms with van der Waals surface area (Å²) in [4.78, 5) is 33.7. The van der Waals surface area contributed by atoms with Gasteiger partial charge >= 0.3 is 12.0 Å². The van der Waals surface area contributed by atoms with E-state index >= 15 is 0 Å². The van der Waals surface area contributed by atoms with Crippen molar-refractivity contribution in [2.45, 2.75) is 13.0 Å². The maximum atomic E-state index is 11.3. The molecule has 0 aromatic heterocycles. The molecule has 0 unspecified atom stereocenters. The Morgan fingerprint density at radius 2 is 1.93 bits per heavy atom. The van der Waals surface area contributed by atoms with Gasteiger partial charge in [0.05, 0.1) is 0 Å². The van der Waals surface area contributed by atoms with E-state index in [1.54, 1.807) is 0 Å². The Kier molecular flexibility index (Phi) is 5.14. The van der Waals surface area contributed by atoms with E-state index in [2.05, 4.69) is 10.6 Å².